The highest BCUT2D eigenvalue weighted by Gasteiger charge is 2.49. The summed E-state index contributed by atoms with van der Waals surface area (Å²) in [6.07, 6.45) is 11.0. The Morgan fingerprint density at radius 1 is 1.25 bits per heavy atom. The maximum absolute atomic E-state index is 10.9. The molecule has 2 heteroatoms. The predicted octanol–water partition coefficient (Wildman–Crippen LogP) is 6.22. The van der Waals surface area contributed by atoms with E-state index in [1.165, 1.54) is 44.6 Å². The molecule has 1 fully saturated rings. The van der Waals surface area contributed by atoms with Crippen molar-refractivity contribution >= 4 is 5.97 Å². The van der Waals surface area contributed by atoms with Crippen molar-refractivity contribution in [3.8, 4) is 0 Å². The molecule has 0 aromatic rings. The van der Waals surface area contributed by atoms with Gasteiger partial charge in [-0.25, -0.2) is 0 Å². The summed E-state index contributed by atoms with van der Waals surface area (Å²) in [5, 5.41) is 0. The lowest BCUT2D eigenvalue weighted by Gasteiger charge is -2.55. The standard InChI is InChI=1S/C22H36O2/c1-16(12-15-24-18(3)23)8-10-19-17(2)9-11-20-21(4,5)13-7-14-22(19,20)6/h12,20H,7-11,13-15H2,1-6H3/b16-12+/t20-,22+/m0/s1. The van der Waals surface area contributed by atoms with Crippen LogP contribution in [-0.2, 0) is 9.53 Å². The summed E-state index contributed by atoms with van der Waals surface area (Å²) in [7, 11) is 0. The zero-order valence-corrected chi connectivity index (χ0v) is 16.6. The predicted molar refractivity (Wildman–Crippen MR) is 101 cm³/mol. The zero-order chi connectivity index (χ0) is 18.0. The second-order valence-electron chi connectivity index (χ2n) is 8.96. The summed E-state index contributed by atoms with van der Waals surface area (Å²) in [5.41, 5.74) is 5.56. The summed E-state index contributed by atoms with van der Waals surface area (Å²) < 4.78 is 5.03. The SMILES string of the molecule is CC(=O)OC/C=C(\C)CCC1=C(C)CC[C@H]2C(C)(C)CCC[C@]12C. The van der Waals surface area contributed by atoms with Gasteiger partial charge in [0.2, 0.25) is 0 Å². The maximum atomic E-state index is 10.9. The van der Waals surface area contributed by atoms with E-state index in [9.17, 15) is 4.79 Å². The van der Waals surface area contributed by atoms with Gasteiger partial charge in [-0.15, -0.1) is 0 Å². The number of allylic oxidation sites excluding steroid dienone is 3. The van der Waals surface area contributed by atoms with Crippen LogP contribution in [0.3, 0.4) is 0 Å². The molecule has 0 aromatic heterocycles. The van der Waals surface area contributed by atoms with Gasteiger partial charge in [-0.2, -0.15) is 0 Å². The van der Waals surface area contributed by atoms with Crippen molar-refractivity contribution in [1.29, 1.82) is 0 Å². The maximum Gasteiger partial charge on any atom is 0.302 e. The molecule has 2 atom stereocenters. The van der Waals surface area contributed by atoms with Crippen molar-refractivity contribution in [2.75, 3.05) is 6.61 Å². The Labute approximate surface area is 148 Å². The monoisotopic (exact) mass is 332 g/mol. The molecule has 0 radical (unpaired) electrons. The van der Waals surface area contributed by atoms with Crippen LogP contribution in [0.25, 0.3) is 0 Å². The molecule has 0 aliphatic heterocycles. The third-order valence-corrected chi connectivity index (χ3v) is 6.73. The van der Waals surface area contributed by atoms with E-state index >= 15 is 0 Å². The van der Waals surface area contributed by atoms with Crippen molar-refractivity contribution in [2.45, 2.75) is 86.5 Å². The first-order valence-electron chi connectivity index (χ1n) is 9.65. The lowest BCUT2D eigenvalue weighted by molar-refractivity contribution is -0.139. The number of rotatable bonds is 5. The fraction of sp³-hybridized carbons (Fsp3) is 0.773. The molecular weight excluding hydrogens is 296 g/mol. The smallest absolute Gasteiger partial charge is 0.302 e. The van der Waals surface area contributed by atoms with Gasteiger partial charge in [0.25, 0.3) is 0 Å². The number of carbonyl (C=O) groups is 1. The van der Waals surface area contributed by atoms with Crippen LogP contribution in [0.4, 0.5) is 0 Å². The second-order valence-corrected chi connectivity index (χ2v) is 8.96. The van der Waals surface area contributed by atoms with Gasteiger partial charge in [-0.05, 0) is 75.2 Å². The van der Waals surface area contributed by atoms with Crippen LogP contribution in [0.5, 0.6) is 0 Å². The summed E-state index contributed by atoms with van der Waals surface area (Å²) in [6.45, 7) is 13.9. The second kappa shape index (κ2) is 7.45. The summed E-state index contributed by atoms with van der Waals surface area (Å²) in [6, 6.07) is 0. The normalized spacial score (nSPS) is 30.1. The van der Waals surface area contributed by atoms with Crippen molar-refractivity contribution in [2.24, 2.45) is 16.7 Å². The van der Waals surface area contributed by atoms with Gasteiger partial charge >= 0.3 is 5.97 Å². The molecule has 2 rings (SSSR count). The first-order valence-corrected chi connectivity index (χ1v) is 9.65. The van der Waals surface area contributed by atoms with E-state index in [1.54, 1.807) is 11.1 Å². The third kappa shape index (κ3) is 4.13. The molecule has 0 amide bonds. The molecule has 0 aromatic carbocycles. The molecule has 0 unspecified atom stereocenters. The van der Waals surface area contributed by atoms with Crippen molar-refractivity contribution in [3.05, 3.63) is 22.8 Å². The lowest BCUT2D eigenvalue weighted by atomic mass is 9.50. The molecule has 2 aliphatic carbocycles. The average Bonchev–Trinajstić information content (AvgIpc) is 2.45. The van der Waals surface area contributed by atoms with Gasteiger partial charge in [0.15, 0.2) is 0 Å². The third-order valence-electron chi connectivity index (χ3n) is 6.73. The topological polar surface area (TPSA) is 26.3 Å². The average molecular weight is 333 g/mol. The molecule has 1 saturated carbocycles. The number of fused-ring (bicyclic) bond motifs is 1. The zero-order valence-electron chi connectivity index (χ0n) is 16.6. The molecule has 0 spiro atoms. The van der Waals surface area contributed by atoms with Crippen LogP contribution in [0, 0.1) is 16.7 Å². The minimum Gasteiger partial charge on any atom is -0.462 e. The fourth-order valence-corrected chi connectivity index (χ4v) is 5.42. The molecule has 2 nitrogen and oxygen atoms in total. The van der Waals surface area contributed by atoms with Gasteiger partial charge in [0.1, 0.15) is 6.61 Å². The van der Waals surface area contributed by atoms with Crippen LogP contribution in [0.2, 0.25) is 0 Å². The Morgan fingerprint density at radius 3 is 2.62 bits per heavy atom. The highest BCUT2D eigenvalue weighted by Crippen LogP contribution is 2.60. The number of hydrogen-bond acceptors (Lipinski definition) is 2. The largest absolute Gasteiger partial charge is 0.462 e. The van der Waals surface area contributed by atoms with Gasteiger partial charge in [-0.1, -0.05) is 43.9 Å². The lowest BCUT2D eigenvalue weighted by Crippen LogP contribution is -2.45. The molecular formula is C22H36O2. The molecule has 2 aliphatic rings. The first-order chi connectivity index (χ1) is 11.2. The number of carbonyl (C=O) groups excluding carboxylic acids is 1. The Bertz CT molecular complexity index is 538. The molecule has 24 heavy (non-hydrogen) atoms. The number of esters is 1. The van der Waals surface area contributed by atoms with E-state index < -0.39 is 0 Å². The molecule has 136 valence electrons. The highest BCUT2D eigenvalue weighted by molar-refractivity contribution is 5.66. The van der Waals surface area contributed by atoms with Crippen LogP contribution in [-0.4, -0.2) is 12.6 Å². The molecule has 0 N–H and O–H groups in total. The van der Waals surface area contributed by atoms with E-state index in [4.69, 9.17) is 4.74 Å². The van der Waals surface area contributed by atoms with E-state index in [1.807, 2.05) is 0 Å². The van der Waals surface area contributed by atoms with Crippen LogP contribution < -0.4 is 0 Å². The van der Waals surface area contributed by atoms with Crippen LogP contribution >= 0.6 is 0 Å². The Hall–Kier alpha value is -1.05. The fourth-order valence-electron chi connectivity index (χ4n) is 5.42. The van der Waals surface area contributed by atoms with Crippen molar-refractivity contribution in [1.82, 2.24) is 0 Å². The summed E-state index contributed by atoms with van der Waals surface area (Å²) in [4.78, 5) is 10.9. The van der Waals surface area contributed by atoms with Gasteiger partial charge in [0, 0.05) is 6.92 Å². The van der Waals surface area contributed by atoms with Gasteiger partial charge in [0.05, 0.1) is 0 Å². The van der Waals surface area contributed by atoms with E-state index in [-0.39, 0.29) is 5.97 Å². The van der Waals surface area contributed by atoms with Crippen LogP contribution in [0.1, 0.15) is 86.5 Å². The minimum atomic E-state index is -0.204. The van der Waals surface area contributed by atoms with Crippen LogP contribution in [0.15, 0.2) is 22.8 Å². The van der Waals surface area contributed by atoms with Crippen molar-refractivity contribution in [3.63, 3.8) is 0 Å². The highest BCUT2D eigenvalue weighted by atomic mass is 16.5. The first kappa shape index (κ1) is 19.3. The van der Waals surface area contributed by atoms with E-state index in [0.717, 1.165) is 18.8 Å². The molecule has 0 saturated heterocycles. The number of ether oxygens (including phenoxy) is 1. The minimum absolute atomic E-state index is 0.204. The Balaban J connectivity index is 2.09. The quantitative estimate of drug-likeness (QED) is 0.441. The number of hydrogen-bond donors (Lipinski definition) is 0. The molecule has 0 bridgehead atoms. The molecule has 0 heterocycles. The van der Waals surface area contributed by atoms with E-state index in [2.05, 4.69) is 40.7 Å². The van der Waals surface area contributed by atoms with Gasteiger partial charge < -0.3 is 4.74 Å². The van der Waals surface area contributed by atoms with Gasteiger partial charge in [-0.3, -0.25) is 4.79 Å². The Morgan fingerprint density at radius 2 is 1.96 bits per heavy atom. The van der Waals surface area contributed by atoms with E-state index in [0.29, 0.717) is 17.4 Å². The summed E-state index contributed by atoms with van der Waals surface area (Å²) >= 11 is 0. The Kier molecular flexibility index (Phi) is 5.99. The van der Waals surface area contributed by atoms with Crippen molar-refractivity contribution < 1.29 is 9.53 Å². The summed E-state index contributed by atoms with van der Waals surface area (Å²) in [5.74, 6) is 0.618.